The Hall–Kier alpha value is -2.88. The van der Waals surface area contributed by atoms with Crippen molar-refractivity contribution in [1.82, 2.24) is 5.43 Å². The number of hydrogen-bond acceptors (Lipinski definition) is 2. The van der Waals surface area contributed by atoms with Gasteiger partial charge in [-0.2, -0.15) is 5.10 Å². The maximum absolute atomic E-state index is 5.61. The van der Waals surface area contributed by atoms with E-state index >= 15 is 0 Å². The van der Waals surface area contributed by atoms with E-state index in [4.69, 9.17) is 5.73 Å². The summed E-state index contributed by atoms with van der Waals surface area (Å²) in [7, 11) is 1.62. The molecule has 22 heavy (non-hydrogen) atoms. The summed E-state index contributed by atoms with van der Waals surface area (Å²) in [6, 6.07) is 16.7. The van der Waals surface area contributed by atoms with E-state index in [0.29, 0.717) is 0 Å². The van der Waals surface area contributed by atoms with Crippen LogP contribution in [-0.4, -0.2) is 19.2 Å². The van der Waals surface area contributed by atoms with Gasteiger partial charge in [-0.3, -0.25) is 4.99 Å². The topological polar surface area (TPSA) is 62.8 Å². The molecule has 0 unspecified atom stereocenters. The standard InChI is InChI=1S/C18H18N4/c1-12-13-7-3-5-9-15(13)17(11-21-22-18(19)20-2)16-10-6-4-8-14(12)16/h3-11H,1-2H3,(H3,19,20,22). The third kappa shape index (κ3) is 2.39. The molecule has 0 aliphatic rings. The summed E-state index contributed by atoms with van der Waals surface area (Å²) in [5.41, 5.74) is 10.7. The minimum atomic E-state index is 0.289. The molecule has 3 rings (SSSR count). The van der Waals surface area contributed by atoms with Crippen LogP contribution in [0.2, 0.25) is 0 Å². The number of nitrogens with two attached hydrogens (primary N) is 1. The van der Waals surface area contributed by atoms with Crippen LogP contribution >= 0.6 is 0 Å². The van der Waals surface area contributed by atoms with Crippen molar-refractivity contribution < 1.29 is 0 Å². The van der Waals surface area contributed by atoms with E-state index in [1.165, 1.54) is 27.1 Å². The first kappa shape index (κ1) is 14.1. The molecule has 0 spiro atoms. The molecule has 0 bridgehead atoms. The maximum atomic E-state index is 5.61. The highest BCUT2D eigenvalue weighted by Crippen LogP contribution is 2.31. The SMILES string of the molecule is CN=C(N)NN=Cc1c2ccccc2c(C)c2ccccc12. The summed E-state index contributed by atoms with van der Waals surface area (Å²) in [4.78, 5) is 3.83. The molecule has 0 aromatic heterocycles. The van der Waals surface area contributed by atoms with E-state index in [9.17, 15) is 0 Å². The van der Waals surface area contributed by atoms with Crippen molar-refractivity contribution >= 4 is 33.7 Å². The molecule has 0 saturated carbocycles. The first-order valence-electron chi connectivity index (χ1n) is 7.13. The van der Waals surface area contributed by atoms with Gasteiger partial charge in [-0.1, -0.05) is 48.5 Å². The molecule has 4 nitrogen and oxygen atoms in total. The van der Waals surface area contributed by atoms with Crippen molar-refractivity contribution in [2.24, 2.45) is 15.8 Å². The molecular weight excluding hydrogens is 272 g/mol. The van der Waals surface area contributed by atoms with Gasteiger partial charge in [0.25, 0.3) is 0 Å². The number of hydrogen-bond donors (Lipinski definition) is 2. The first-order valence-corrected chi connectivity index (χ1v) is 7.13. The van der Waals surface area contributed by atoms with Gasteiger partial charge >= 0.3 is 0 Å². The van der Waals surface area contributed by atoms with Crippen molar-refractivity contribution in [1.29, 1.82) is 0 Å². The van der Waals surface area contributed by atoms with E-state index in [2.05, 4.69) is 58.8 Å². The summed E-state index contributed by atoms with van der Waals surface area (Å²) in [5, 5.41) is 9.04. The smallest absolute Gasteiger partial charge is 0.209 e. The molecule has 0 amide bonds. The molecule has 0 radical (unpaired) electrons. The molecule has 0 aliphatic carbocycles. The Labute approximate surface area is 129 Å². The number of benzene rings is 3. The van der Waals surface area contributed by atoms with Crippen LogP contribution in [0.1, 0.15) is 11.1 Å². The Morgan fingerprint density at radius 3 is 1.95 bits per heavy atom. The van der Waals surface area contributed by atoms with Gasteiger partial charge in [0.05, 0.1) is 6.21 Å². The third-order valence-corrected chi connectivity index (χ3v) is 3.86. The number of aliphatic imine (C=N–C) groups is 1. The molecular formula is C18H18N4. The zero-order valence-electron chi connectivity index (χ0n) is 12.7. The normalized spacial score (nSPS) is 12.4. The Bertz CT molecular complexity index is 837. The van der Waals surface area contributed by atoms with Crippen LogP contribution in [0.25, 0.3) is 21.5 Å². The lowest BCUT2D eigenvalue weighted by atomic mass is 9.93. The first-order chi connectivity index (χ1) is 10.7. The van der Waals surface area contributed by atoms with Crippen molar-refractivity contribution in [3.63, 3.8) is 0 Å². The van der Waals surface area contributed by atoms with Crippen molar-refractivity contribution in [3.05, 3.63) is 59.7 Å². The summed E-state index contributed by atoms with van der Waals surface area (Å²) >= 11 is 0. The number of guanidine groups is 1. The zero-order chi connectivity index (χ0) is 15.5. The quantitative estimate of drug-likeness (QED) is 0.329. The predicted molar refractivity (Wildman–Crippen MR) is 94.5 cm³/mol. The summed E-state index contributed by atoms with van der Waals surface area (Å²) in [5.74, 6) is 0.289. The Kier molecular flexibility index (Phi) is 3.74. The molecule has 0 fully saturated rings. The Morgan fingerprint density at radius 1 is 0.955 bits per heavy atom. The molecule has 0 heterocycles. The van der Waals surface area contributed by atoms with Gasteiger partial charge in [-0.25, -0.2) is 5.43 Å². The van der Waals surface area contributed by atoms with E-state index in [0.717, 1.165) is 5.56 Å². The zero-order valence-corrected chi connectivity index (χ0v) is 12.7. The summed E-state index contributed by atoms with van der Waals surface area (Å²) in [6.45, 7) is 2.16. The van der Waals surface area contributed by atoms with Crippen LogP contribution in [0.4, 0.5) is 0 Å². The van der Waals surface area contributed by atoms with Crippen LogP contribution in [0, 0.1) is 6.92 Å². The van der Waals surface area contributed by atoms with Crippen LogP contribution in [0.3, 0.4) is 0 Å². The maximum Gasteiger partial charge on any atom is 0.209 e. The molecule has 3 aromatic carbocycles. The fourth-order valence-electron chi connectivity index (χ4n) is 2.73. The third-order valence-electron chi connectivity index (χ3n) is 3.86. The molecule has 110 valence electrons. The van der Waals surface area contributed by atoms with E-state index in [-0.39, 0.29) is 5.96 Å². The number of rotatable bonds is 2. The summed E-state index contributed by atoms with van der Waals surface area (Å²) < 4.78 is 0. The van der Waals surface area contributed by atoms with Crippen molar-refractivity contribution in [2.45, 2.75) is 6.92 Å². The van der Waals surface area contributed by atoms with Gasteiger partial charge in [-0.05, 0) is 34.0 Å². The van der Waals surface area contributed by atoms with Crippen LogP contribution < -0.4 is 11.2 Å². The minimum absolute atomic E-state index is 0.289. The number of aryl methyl sites for hydroxylation is 1. The highest BCUT2D eigenvalue weighted by Gasteiger charge is 2.09. The second-order valence-electron chi connectivity index (χ2n) is 5.11. The number of nitrogens with one attached hydrogen (secondary N) is 1. The van der Waals surface area contributed by atoms with Gasteiger partial charge in [-0.15, -0.1) is 0 Å². The second-order valence-corrected chi connectivity index (χ2v) is 5.11. The second kappa shape index (κ2) is 5.85. The van der Waals surface area contributed by atoms with E-state index in [1.807, 2.05) is 18.3 Å². The van der Waals surface area contributed by atoms with E-state index < -0.39 is 0 Å². The van der Waals surface area contributed by atoms with Crippen molar-refractivity contribution in [2.75, 3.05) is 7.05 Å². The largest absolute Gasteiger partial charge is 0.369 e. The van der Waals surface area contributed by atoms with Crippen LogP contribution in [0.5, 0.6) is 0 Å². The molecule has 0 aliphatic heterocycles. The Balaban J connectivity index is 2.27. The summed E-state index contributed by atoms with van der Waals surface area (Å²) in [6.07, 6.45) is 1.81. The van der Waals surface area contributed by atoms with Gasteiger partial charge in [0, 0.05) is 12.6 Å². The lowest BCUT2D eigenvalue weighted by Crippen LogP contribution is -2.26. The average molecular weight is 290 g/mol. The lowest BCUT2D eigenvalue weighted by molar-refractivity contribution is 1.01. The molecule has 0 saturated heterocycles. The van der Waals surface area contributed by atoms with Crippen LogP contribution in [0.15, 0.2) is 58.6 Å². The fourth-order valence-corrected chi connectivity index (χ4v) is 2.73. The highest BCUT2D eigenvalue weighted by atomic mass is 15.3. The Morgan fingerprint density at radius 2 is 1.45 bits per heavy atom. The number of fused-ring (bicyclic) bond motifs is 2. The van der Waals surface area contributed by atoms with Crippen molar-refractivity contribution in [3.8, 4) is 0 Å². The van der Waals surface area contributed by atoms with Gasteiger partial charge < -0.3 is 5.73 Å². The van der Waals surface area contributed by atoms with Gasteiger partial charge in [0.15, 0.2) is 0 Å². The fraction of sp³-hybridized carbons (Fsp3) is 0.111. The predicted octanol–water partition coefficient (Wildman–Crippen LogP) is 3.17. The lowest BCUT2D eigenvalue weighted by Gasteiger charge is -2.11. The molecule has 3 aromatic rings. The molecule has 3 N–H and O–H groups in total. The monoisotopic (exact) mass is 290 g/mol. The minimum Gasteiger partial charge on any atom is -0.369 e. The molecule has 4 heteroatoms. The number of hydrazone groups is 1. The van der Waals surface area contributed by atoms with E-state index in [1.54, 1.807) is 7.05 Å². The molecule has 0 atom stereocenters. The van der Waals surface area contributed by atoms with Crippen LogP contribution in [-0.2, 0) is 0 Å². The number of nitrogens with zero attached hydrogens (tertiary/aromatic N) is 2. The average Bonchev–Trinajstić information content (AvgIpc) is 2.57. The van der Waals surface area contributed by atoms with Gasteiger partial charge in [0.1, 0.15) is 0 Å². The highest BCUT2D eigenvalue weighted by molar-refractivity contribution is 6.15. The van der Waals surface area contributed by atoms with Gasteiger partial charge in [0.2, 0.25) is 5.96 Å².